The molecule has 148 valence electrons. The van der Waals surface area contributed by atoms with Gasteiger partial charge in [-0.15, -0.1) is 0 Å². The van der Waals surface area contributed by atoms with Gasteiger partial charge in [-0.2, -0.15) is 5.10 Å². The van der Waals surface area contributed by atoms with E-state index in [9.17, 15) is 14.3 Å². The zero-order valence-corrected chi connectivity index (χ0v) is 16.0. The zero-order valence-electron chi connectivity index (χ0n) is 16.0. The Hall–Kier alpha value is -3.32. The lowest BCUT2D eigenvalue weighted by molar-refractivity contribution is -0.125. The molecule has 29 heavy (non-hydrogen) atoms. The van der Waals surface area contributed by atoms with Gasteiger partial charge in [0.05, 0.1) is 17.5 Å². The maximum atomic E-state index is 13.3. The summed E-state index contributed by atoms with van der Waals surface area (Å²) in [5, 5.41) is 15.1. The summed E-state index contributed by atoms with van der Waals surface area (Å²) in [4.78, 5) is 18.1. The van der Waals surface area contributed by atoms with Gasteiger partial charge in [-0.1, -0.05) is 6.58 Å². The summed E-state index contributed by atoms with van der Waals surface area (Å²) in [6, 6.07) is 9.93. The highest BCUT2D eigenvalue weighted by Gasteiger charge is 2.36. The molecule has 1 N–H and O–H groups in total. The summed E-state index contributed by atoms with van der Waals surface area (Å²) < 4.78 is 15.0. The van der Waals surface area contributed by atoms with Gasteiger partial charge in [-0.3, -0.25) is 14.5 Å². The SMILES string of the molecule is C=CC(=O)N1C[C@@H](O)[C@H](c2cnc(-c3ccc(F)cc3)cc2-c2ccn(C)n2)C1. The highest BCUT2D eigenvalue weighted by Crippen LogP contribution is 2.36. The van der Waals surface area contributed by atoms with Gasteiger partial charge in [-0.05, 0) is 48.0 Å². The van der Waals surface area contributed by atoms with Crippen LogP contribution in [-0.4, -0.2) is 49.9 Å². The average Bonchev–Trinajstić information content (AvgIpc) is 3.33. The fourth-order valence-corrected chi connectivity index (χ4v) is 3.72. The normalized spacial score (nSPS) is 18.8. The molecule has 3 heterocycles. The number of benzene rings is 1. The van der Waals surface area contributed by atoms with Gasteiger partial charge >= 0.3 is 0 Å². The van der Waals surface area contributed by atoms with Gasteiger partial charge in [0.2, 0.25) is 5.91 Å². The molecule has 0 unspecified atom stereocenters. The molecule has 6 nitrogen and oxygen atoms in total. The Labute approximate surface area is 167 Å². The number of amides is 1. The topological polar surface area (TPSA) is 71.2 Å². The van der Waals surface area contributed by atoms with Crippen LogP contribution in [0.1, 0.15) is 11.5 Å². The van der Waals surface area contributed by atoms with Crippen molar-refractivity contribution in [1.82, 2.24) is 19.7 Å². The molecular formula is C22H21FN4O2. The second-order valence-corrected chi connectivity index (χ2v) is 7.16. The first-order valence-corrected chi connectivity index (χ1v) is 9.31. The Kier molecular flexibility index (Phi) is 4.98. The van der Waals surface area contributed by atoms with Crippen LogP contribution in [0.2, 0.25) is 0 Å². The molecule has 1 saturated heterocycles. The third-order valence-electron chi connectivity index (χ3n) is 5.24. The lowest BCUT2D eigenvalue weighted by Crippen LogP contribution is -2.27. The van der Waals surface area contributed by atoms with E-state index in [1.165, 1.54) is 18.2 Å². The molecule has 0 saturated carbocycles. The number of hydrogen-bond donors (Lipinski definition) is 1. The van der Waals surface area contributed by atoms with Gasteiger partial charge in [-0.25, -0.2) is 4.39 Å². The lowest BCUT2D eigenvalue weighted by atomic mass is 9.91. The quantitative estimate of drug-likeness (QED) is 0.693. The molecule has 1 aromatic carbocycles. The van der Waals surface area contributed by atoms with E-state index in [0.29, 0.717) is 12.2 Å². The number of aliphatic hydroxyl groups excluding tert-OH is 1. The summed E-state index contributed by atoms with van der Waals surface area (Å²) in [7, 11) is 1.83. The van der Waals surface area contributed by atoms with E-state index >= 15 is 0 Å². The molecule has 0 spiro atoms. The van der Waals surface area contributed by atoms with Crippen LogP contribution in [0.4, 0.5) is 4.39 Å². The first-order valence-electron chi connectivity index (χ1n) is 9.31. The molecule has 1 fully saturated rings. The van der Waals surface area contributed by atoms with Gasteiger partial charge in [0.15, 0.2) is 0 Å². The number of aryl methyl sites for hydroxylation is 1. The molecule has 3 aromatic rings. The number of halogens is 1. The van der Waals surface area contributed by atoms with Crippen molar-refractivity contribution in [3.8, 4) is 22.5 Å². The minimum Gasteiger partial charge on any atom is -0.391 e. The van der Waals surface area contributed by atoms with Crippen LogP contribution >= 0.6 is 0 Å². The zero-order chi connectivity index (χ0) is 20.5. The van der Waals surface area contributed by atoms with Crippen LogP contribution in [0.3, 0.4) is 0 Å². The fourth-order valence-electron chi connectivity index (χ4n) is 3.72. The molecule has 4 rings (SSSR count). The van der Waals surface area contributed by atoms with Crippen LogP contribution < -0.4 is 0 Å². The van der Waals surface area contributed by atoms with E-state index in [1.54, 1.807) is 27.9 Å². The summed E-state index contributed by atoms with van der Waals surface area (Å²) >= 11 is 0. The average molecular weight is 392 g/mol. The van der Waals surface area contributed by atoms with Gasteiger partial charge in [0.25, 0.3) is 0 Å². The monoisotopic (exact) mass is 392 g/mol. The van der Waals surface area contributed by atoms with Crippen molar-refractivity contribution in [1.29, 1.82) is 0 Å². The van der Waals surface area contributed by atoms with E-state index in [2.05, 4.69) is 16.7 Å². The number of aliphatic hydroxyl groups is 1. The van der Waals surface area contributed by atoms with Crippen LogP contribution in [0, 0.1) is 5.82 Å². The molecule has 7 heteroatoms. The van der Waals surface area contributed by atoms with E-state index in [4.69, 9.17) is 0 Å². The molecule has 2 aromatic heterocycles. The second-order valence-electron chi connectivity index (χ2n) is 7.16. The number of carbonyl (C=O) groups is 1. The summed E-state index contributed by atoms with van der Waals surface area (Å²) in [5.74, 6) is -0.802. The number of nitrogens with zero attached hydrogens (tertiary/aromatic N) is 4. The maximum absolute atomic E-state index is 13.3. The number of pyridine rings is 1. The van der Waals surface area contributed by atoms with Crippen LogP contribution in [0.15, 0.2) is 61.4 Å². The highest BCUT2D eigenvalue weighted by molar-refractivity contribution is 5.87. The molecule has 1 amide bonds. The van der Waals surface area contributed by atoms with Crippen molar-refractivity contribution in [2.24, 2.45) is 7.05 Å². The van der Waals surface area contributed by atoms with Crippen molar-refractivity contribution in [3.63, 3.8) is 0 Å². The smallest absolute Gasteiger partial charge is 0.246 e. The number of β-amino-alcohol motifs (C(OH)–C–C–N with tert-alkyl or cyclic N) is 1. The Morgan fingerprint density at radius 2 is 2.00 bits per heavy atom. The highest BCUT2D eigenvalue weighted by atomic mass is 19.1. The number of hydrogen-bond acceptors (Lipinski definition) is 4. The molecule has 0 radical (unpaired) electrons. The van der Waals surface area contributed by atoms with Crippen molar-refractivity contribution < 1.29 is 14.3 Å². The van der Waals surface area contributed by atoms with E-state index < -0.39 is 6.10 Å². The van der Waals surface area contributed by atoms with Crippen molar-refractivity contribution in [3.05, 3.63) is 72.8 Å². The van der Waals surface area contributed by atoms with Gasteiger partial charge < -0.3 is 10.0 Å². The van der Waals surface area contributed by atoms with Crippen LogP contribution in [-0.2, 0) is 11.8 Å². The Balaban J connectivity index is 1.78. The van der Waals surface area contributed by atoms with Crippen molar-refractivity contribution in [2.45, 2.75) is 12.0 Å². The largest absolute Gasteiger partial charge is 0.391 e. The Morgan fingerprint density at radius 1 is 1.24 bits per heavy atom. The first-order chi connectivity index (χ1) is 14.0. The molecule has 0 aliphatic carbocycles. The molecule has 2 atom stereocenters. The number of carbonyl (C=O) groups excluding carboxylic acids is 1. The maximum Gasteiger partial charge on any atom is 0.246 e. The van der Waals surface area contributed by atoms with Gasteiger partial charge in [0, 0.05) is 49.6 Å². The third-order valence-corrected chi connectivity index (χ3v) is 5.24. The lowest BCUT2D eigenvalue weighted by Gasteiger charge is -2.18. The van der Waals surface area contributed by atoms with E-state index in [-0.39, 0.29) is 24.2 Å². The van der Waals surface area contributed by atoms with E-state index in [1.807, 2.05) is 25.4 Å². The number of aromatic nitrogens is 3. The minimum atomic E-state index is -0.708. The van der Waals surface area contributed by atoms with Crippen molar-refractivity contribution in [2.75, 3.05) is 13.1 Å². The van der Waals surface area contributed by atoms with Crippen LogP contribution in [0.5, 0.6) is 0 Å². The number of rotatable bonds is 4. The third kappa shape index (κ3) is 3.69. The molecule has 1 aliphatic rings. The predicted molar refractivity (Wildman–Crippen MR) is 107 cm³/mol. The summed E-state index contributed by atoms with van der Waals surface area (Å²) in [5.41, 5.74) is 3.86. The van der Waals surface area contributed by atoms with E-state index in [0.717, 1.165) is 22.4 Å². The molecule has 1 aliphatic heterocycles. The Bertz CT molecular complexity index is 1060. The number of likely N-dealkylation sites (tertiary alicyclic amines) is 1. The van der Waals surface area contributed by atoms with Crippen molar-refractivity contribution >= 4 is 5.91 Å². The molecular weight excluding hydrogens is 371 g/mol. The second kappa shape index (κ2) is 7.60. The predicted octanol–water partition coefficient (Wildman–Crippen LogP) is 2.76. The van der Waals surface area contributed by atoms with Crippen LogP contribution in [0.25, 0.3) is 22.5 Å². The Morgan fingerprint density at radius 3 is 2.66 bits per heavy atom. The fraction of sp³-hybridized carbons (Fsp3) is 0.227. The molecule has 0 bridgehead atoms. The minimum absolute atomic E-state index is 0.207. The standard InChI is InChI=1S/C22H21FN4O2/c1-3-22(29)27-12-18(21(28)13-27)17-11-24-20(14-4-6-15(23)7-5-14)10-16(17)19-8-9-26(2)25-19/h3-11,18,21,28H,1,12-13H2,2H3/t18-,21+/m0/s1. The summed E-state index contributed by atoms with van der Waals surface area (Å²) in [6.45, 7) is 4.15. The first kappa shape index (κ1) is 19.0. The summed E-state index contributed by atoms with van der Waals surface area (Å²) in [6.07, 6.45) is 4.11. The van der Waals surface area contributed by atoms with Gasteiger partial charge in [0.1, 0.15) is 5.82 Å².